The van der Waals surface area contributed by atoms with Gasteiger partial charge in [-0.15, -0.1) is 0 Å². The van der Waals surface area contributed by atoms with Crippen LogP contribution in [0.5, 0.6) is 5.75 Å². The molecule has 0 spiro atoms. The van der Waals surface area contributed by atoms with Crippen molar-refractivity contribution in [2.75, 3.05) is 0 Å². The summed E-state index contributed by atoms with van der Waals surface area (Å²) in [5, 5.41) is 0. The van der Waals surface area contributed by atoms with Crippen LogP contribution in [0.2, 0.25) is 0 Å². The Morgan fingerprint density at radius 3 is 2.83 bits per heavy atom. The van der Waals surface area contributed by atoms with Gasteiger partial charge in [0.2, 0.25) is 0 Å². The van der Waals surface area contributed by atoms with Crippen molar-refractivity contribution >= 4 is 27.7 Å². The highest BCUT2D eigenvalue weighted by Crippen LogP contribution is 2.19. The van der Waals surface area contributed by atoms with E-state index in [4.69, 9.17) is 3.79 Å². The Hall–Kier alpha value is -1.11. The average molecular weight is 172 g/mol. The molecule has 1 heterocycles. The van der Waals surface area contributed by atoms with Gasteiger partial charge in [-0.3, -0.25) is 4.98 Å². The molecule has 56 valence electrons. The van der Waals surface area contributed by atoms with Gasteiger partial charge in [0.05, 0.1) is 5.52 Å². The molecule has 4 heteroatoms. The maximum atomic E-state index is 5.04. The Balaban J connectivity index is 2.79. The molecule has 0 fully saturated rings. The predicted octanol–water partition coefficient (Wildman–Crippen LogP) is 1.09. The second kappa shape index (κ2) is 3.10. The van der Waals surface area contributed by atoms with Crippen molar-refractivity contribution in [2.24, 2.45) is 0 Å². The van der Waals surface area contributed by atoms with Crippen LogP contribution in [0.25, 0.3) is 11.0 Å². The minimum Gasteiger partial charge on any atom is -0.652 e. The number of rotatable bonds is 1. The molecule has 2 aromatic rings. The Kier molecular flexibility index (Phi) is 1.95. The van der Waals surface area contributed by atoms with Gasteiger partial charge in [0.15, 0.2) is 0 Å². The zero-order chi connectivity index (χ0) is 8.39. The number of hydrogen-bond acceptors (Lipinski definition) is 3. The van der Waals surface area contributed by atoms with Crippen molar-refractivity contribution in [3.8, 4) is 5.75 Å². The molecule has 0 bridgehead atoms. The molecule has 12 heavy (non-hydrogen) atoms. The monoisotopic (exact) mass is 172 g/mol. The first-order chi connectivity index (χ1) is 5.92. The van der Waals surface area contributed by atoms with Crippen LogP contribution < -0.4 is 3.79 Å². The average Bonchev–Trinajstić information content (AvgIpc) is 2.17. The second-order valence-electron chi connectivity index (χ2n) is 2.30. The van der Waals surface area contributed by atoms with Gasteiger partial charge < -0.3 is 3.79 Å². The molecule has 0 aliphatic rings. The number of aromatic nitrogens is 2. The van der Waals surface area contributed by atoms with Gasteiger partial charge in [0.25, 0.3) is 0 Å². The summed E-state index contributed by atoms with van der Waals surface area (Å²) in [5.41, 5.74) is 1.63. The first-order valence-corrected chi connectivity index (χ1v) is 3.95. The molecule has 0 amide bonds. The van der Waals surface area contributed by atoms with E-state index in [0.29, 0.717) is 0 Å². The zero-order valence-electron chi connectivity index (χ0n) is 6.27. The summed E-state index contributed by atoms with van der Waals surface area (Å²) in [6, 6.07) is 5.63. The third-order valence-corrected chi connectivity index (χ3v) is 1.84. The molecular weight excluding hydrogens is 167 g/mol. The van der Waals surface area contributed by atoms with Crippen LogP contribution in [0.4, 0.5) is 0 Å². The summed E-state index contributed by atoms with van der Waals surface area (Å²) in [5.74, 6) is 0.727. The number of fused-ring (bicyclic) bond motifs is 1. The van der Waals surface area contributed by atoms with Gasteiger partial charge in [-0.25, -0.2) is 4.98 Å². The standard InChI is InChI=1S/C8H6N2O.Al/c11-7-3-1-2-6-8(7)10-5-4-9-6;/h1-5,11H;/q;+1/p-1. The van der Waals surface area contributed by atoms with Crippen molar-refractivity contribution < 1.29 is 3.79 Å². The normalized spacial score (nSPS) is 10.0. The fourth-order valence-electron chi connectivity index (χ4n) is 1.06. The van der Waals surface area contributed by atoms with E-state index in [1.54, 1.807) is 12.4 Å². The number of hydrogen-bond donors (Lipinski definition) is 0. The van der Waals surface area contributed by atoms with Crippen LogP contribution in [-0.2, 0) is 0 Å². The molecule has 0 saturated heterocycles. The molecule has 1 aromatic carbocycles. The Morgan fingerprint density at radius 1 is 1.17 bits per heavy atom. The number of para-hydroxylation sites is 1. The van der Waals surface area contributed by atoms with Gasteiger partial charge in [0.1, 0.15) is 11.3 Å². The molecule has 0 atom stereocenters. The molecule has 0 saturated carbocycles. The molecule has 0 aliphatic carbocycles. The van der Waals surface area contributed by atoms with Crippen molar-refractivity contribution in [1.29, 1.82) is 0 Å². The lowest BCUT2D eigenvalue weighted by Crippen LogP contribution is -1.89. The van der Waals surface area contributed by atoms with Crippen molar-refractivity contribution in [3.63, 3.8) is 0 Å². The fourth-order valence-corrected chi connectivity index (χ4v) is 1.25. The third-order valence-electron chi connectivity index (χ3n) is 1.59. The minimum absolute atomic E-state index is 0.727. The van der Waals surface area contributed by atoms with Crippen molar-refractivity contribution in [3.05, 3.63) is 30.6 Å². The Bertz CT molecular complexity index is 400. The van der Waals surface area contributed by atoms with E-state index in [1.165, 1.54) is 0 Å². The van der Waals surface area contributed by atoms with Crippen LogP contribution >= 0.6 is 0 Å². The molecule has 3 nitrogen and oxygen atoms in total. The summed E-state index contributed by atoms with van der Waals surface area (Å²) < 4.78 is 5.04. The van der Waals surface area contributed by atoms with Gasteiger partial charge in [-0.1, -0.05) is 6.07 Å². The van der Waals surface area contributed by atoms with Gasteiger partial charge in [0, 0.05) is 12.4 Å². The van der Waals surface area contributed by atoms with Crippen LogP contribution in [0, 0.1) is 0 Å². The molecular formula is C8H5AlN2O. The van der Waals surface area contributed by atoms with E-state index < -0.39 is 0 Å². The molecule has 0 N–H and O–H groups in total. The zero-order valence-corrected chi connectivity index (χ0v) is 7.42. The molecule has 1 aromatic heterocycles. The summed E-state index contributed by atoms with van der Waals surface area (Å²) >= 11 is 2.20. The van der Waals surface area contributed by atoms with Gasteiger partial charge >= 0.3 is 16.6 Å². The number of benzene rings is 1. The maximum Gasteiger partial charge on any atom is 0.482 e. The lowest BCUT2D eigenvalue weighted by Gasteiger charge is -2.04. The van der Waals surface area contributed by atoms with Gasteiger partial charge in [-0.05, 0) is 12.1 Å². The lowest BCUT2D eigenvalue weighted by atomic mass is 10.3. The van der Waals surface area contributed by atoms with Crippen LogP contribution in [0.3, 0.4) is 0 Å². The van der Waals surface area contributed by atoms with Crippen molar-refractivity contribution in [2.45, 2.75) is 0 Å². The smallest absolute Gasteiger partial charge is 0.482 e. The number of nitrogens with zero attached hydrogens (tertiary/aromatic N) is 2. The minimum atomic E-state index is 0.727. The summed E-state index contributed by atoms with van der Waals surface area (Å²) in [6.07, 6.45) is 3.31. The maximum absolute atomic E-state index is 5.04. The van der Waals surface area contributed by atoms with E-state index in [9.17, 15) is 0 Å². The SMILES string of the molecule is [Al][O]c1cccc2nccnc12. The lowest BCUT2D eigenvalue weighted by molar-refractivity contribution is 0.622. The topological polar surface area (TPSA) is 35.0 Å². The van der Waals surface area contributed by atoms with Gasteiger partial charge in [-0.2, -0.15) is 0 Å². The predicted molar refractivity (Wildman–Crippen MR) is 45.9 cm³/mol. The Labute approximate surface area is 78.2 Å². The second-order valence-corrected chi connectivity index (χ2v) is 2.53. The van der Waals surface area contributed by atoms with Crippen LogP contribution in [-0.4, -0.2) is 26.6 Å². The van der Waals surface area contributed by atoms with Crippen LogP contribution in [0.15, 0.2) is 30.6 Å². The molecule has 2 radical (unpaired) electrons. The fraction of sp³-hybridized carbons (Fsp3) is 0. The first-order valence-electron chi connectivity index (χ1n) is 3.48. The van der Waals surface area contributed by atoms with E-state index in [1.807, 2.05) is 18.2 Å². The Morgan fingerprint density at radius 2 is 2.00 bits per heavy atom. The largest absolute Gasteiger partial charge is 0.652 e. The van der Waals surface area contributed by atoms with E-state index >= 15 is 0 Å². The quantitative estimate of drug-likeness (QED) is 0.604. The molecule has 0 unspecified atom stereocenters. The van der Waals surface area contributed by atoms with E-state index in [-0.39, 0.29) is 0 Å². The van der Waals surface area contributed by atoms with Crippen molar-refractivity contribution in [1.82, 2.24) is 9.97 Å². The summed E-state index contributed by atoms with van der Waals surface area (Å²) in [7, 11) is 0. The molecule has 2 rings (SSSR count). The first kappa shape index (κ1) is 7.54. The highest BCUT2D eigenvalue weighted by Gasteiger charge is 1.99. The third kappa shape index (κ3) is 1.16. The highest BCUT2D eigenvalue weighted by molar-refractivity contribution is 6.01. The van der Waals surface area contributed by atoms with E-state index in [0.717, 1.165) is 16.8 Å². The summed E-state index contributed by atoms with van der Waals surface area (Å²) in [6.45, 7) is 0. The van der Waals surface area contributed by atoms with Crippen LogP contribution in [0.1, 0.15) is 0 Å². The summed E-state index contributed by atoms with van der Waals surface area (Å²) in [4.78, 5) is 8.29. The molecule has 0 aliphatic heterocycles. The van der Waals surface area contributed by atoms with E-state index in [2.05, 4.69) is 26.6 Å². The highest BCUT2D eigenvalue weighted by atomic mass is 27.1.